The van der Waals surface area contributed by atoms with Gasteiger partial charge in [-0.15, -0.1) is 11.3 Å². The highest BCUT2D eigenvalue weighted by molar-refractivity contribution is 9.10. The Kier molecular flexibility index (Phi) is 5.44. The molecule has 4 nitrogen and oxygen atoms in total. The summed E-state index contributed by atoms with van der Waals surface area (Å²) in [7, 11) is 0. The SMILES string of the molecule is CCOC(=O)Cn1c(=O)cc(-c2cccc(Br)c2)sc1=S. The molecule has 0 fully saturated rings. The number of carbonyl (C=O) groups excluding carboxylic acids is 1. The molecule has 0 aliphatic heterocycles. The van der Waals surface area contributed by atoms with Crippen LogP contribution in [0.3, 0.4) is 0 Å². The first-order chi connectivity index (χ1) is 10.0. The highest BCUT2D eigenvalue weighted by atomic mass is 79.9. The summed E-state index contributed by atoms with van der Waals surface area (Å²) < 4.78 is 7.37. The third-order valence-electron chi connectivity index (χ3n) is 2.64. The van der Waals surface area contributed by atoms with Crippen LogP contribution in [0.15, 0.2) is 39.6 Å². The number of hydrogen-bond acceptors (Lipinski definition) is 5. The van der Waals surface area contributed by atoms with Gasteiger partial charge in [0.1, 0.15) is 6.54 Å². The van der Waals surface area contributed by atoms with Crippen molar-refractivity contribution in [2.75, 3.05) is 6.61 Å². The molecule has 0 N–H and O–H groups in total. The first kappa shape index (κ1) is 16.1. The standard InChI is InChI=1S/C14H12BrNO3S2/c1-2-19-13(18)8-16-12(17)7-11(21-14(16)20)9-4-3-5-10(15)6-9/h3-7H,2,8H2,1H3. The number of halogens is 1. The van der Waals surface area contributed by atoms with Crippen LogP contribution in [0.2, 0.25) is 0 Å². The van der Waals surface area contributed by atoms with E-state index in [2.05, 4.69) is 15.9 Å². The number of benzene rings is 1. The average molecular weight is 386 g/mol. The summed E-state index contributed by atoms with van der Waals surface area (Å²) >= 11 is 9.91. The summed E-state index contributed by atoms with van der Waals surface area (Å²) in [6, 6.07) is 9.10. The summed E-state index contributed by atoms with van der Waals surface area (Å²) in [5.74, 6) is -0.465. The van der Waals surface area contributed by atoms with Gasteiger partial charge in [0.2, 0.25) is 0 Å². The van der Waals surface area contributed by atoms with Gasteiger partial charge in [-0.3, -0.25) is 14.2 Å². The monoisotopic (exact) mass is 385 g/mol. The molecular formula is C14H12BrNO3S2. The molecule has 0 spiro atoms. The lowest BCUT2D eigenvalue weighted by Gasteiger charge is -2.07. The average Bonchev–Trinajstić information content (AvgIpc) is 2.43. The maximum Gasteiger partial charge on any atom is 0.326 e. The molecule has 2 rings (SSSR count). The van der Waals surface area contributed by atoms with Crippen LogP contribution in [-0.4, -0.2) is 17.1 Å². The summed E-state index contributed by atoms with van der Waals surface area (Å²) in [6.07, 6.45) is 0. The van der Waals surface area contributed by atoms with Crippen molar-refractivity contribution in [2.45, 2.75) is 13.5 Å². The molecule has 110 valence electrons. The Morgan fingerprint density at radius 3 is 2.81 bits per heavy atom. The third-order valence-corrected chi connectivity index (χ3v) is 4.57. The number of rotatable bonds is 4. The van der Waals surface area contributed by atoms with Crippen molar-refractivity contribution in [3.05, 3.63) is 49.1 Å². The highest BCUT2D eigenvalue weighted by Gasteiger charge is 2.09. The molecule has 1 aromatic carbocycles. The number of nitrogens with zero attached hydrogens (tertiary/aromatic N) is 1. The molecule has 0 aliphatic rings. The van der Waals surface area contributed by atoms with Crippen molar-refractivity contribution in [1.29, 1.82) is 0 Å². The number of aromatic nitrogens is 1. The van der Waals surface area contributed by atoms with Crippen LogP contribution in [0.25, 0.3) is 10.4 Å². The van der Waals surface area contributed by atoms with Crippen molar-refractivity contribution < 1.29 is 9.53 Å². The van der Waals surface area contributed by atoms with E-state index in [4.69, 9.17) is 17.0 Å². The smallest absolute Gasteiger partial charge is 0.326 e. The van der Waals surface area contributed by atoms with Gasteiger partial charge in [-0.1, -0.05) is 28.1 Å². The minimum atomic E-state index is -0.465. The zero-order valence-electron chi connectivity index (χ0n) is 11.2. The highest BCUT2D eigenvalue weighted by Crippen LogP contribution is 2.25. The Hall–Kier alpha value is -1.31. The largest absolute Gasteiger partial charge is 0.465 e. The topological polar surface area (TPSA) is 48.3 Å². The van der Waals surface area contributed by atoms with Crippen LogP contribution < -0.4 is 5.56 Å². The van der Waals surface area contributed by atoms with Gasteiger partial charge in [-0.25, -0.2) is 0 Å². The molecule has 0 radical (unpaired) electrons. The summed E-state index contributed by atoms with van der Waals surface area (Å²) in [6.45, 7) is 1.84. The minimum absolute atomic E-state index is 0.152. The van der Waals surface area contributed by atoms with E-state index in [0.29, 0.717) is 3.95 Å². The van der Waals surface area contributed by atoms with Crippen LogP contribution >= 0.6 is 39.5 Å². The van der Waals surface area contributed by atoms with Gasteiger partial charge >= 0.3 is 5.97 Å². The number of hydrogen-bond donors (Lipinski definition) is 0. The maximum atomic E-state index is 12.1. The zero-order valence-corrected chi connectivity index (χ0v) is 14.4. The van der Waals surface area contributed by atoms with Gasteiger partial charge < -0.3 is 4.74 Å². The minimum Gasteiger partial charge on any atom is -0.465 e. The summed E-state index contributed by atoms with van der Waals surface area (Å²) in [5.41, 5.74) is 0.600. The molecule has 0 saturated heterocycles. The van der Waals surface area contributed by atoms with E-state index < -0.39 is 5.97 Å². The molecule has 21 heavy (non-hydrogen) atoms. The molecule has 0 aliphatic carbocycles. The number of carbonyl (C=O) groups is 1. The second-order valence-corrected chi connectivity index (χ2v) is 6.71. The molecular weight excluding hydrogens is 374 g/mol. The van der Waals surface area contributed by atoms with Gasteiger partial charge in [0, 0.05) is 15.4 Å². The molecule has 7 heteroatoms. The molecule has 1 heterocycles. The van der Waals surface area contributed by atoms with E-state index in [-0.39, 0.29) is 18.7 Å². The molecule has 0 unspecified atom stereocenters. The Morgan fingerprint density at radius 2 is 2.19 bits per heavy atom. The molecule has 2 aromatic rings. The second kappa shape index (κ2) is 7.11. The lowest BCUT2D eigenvalue weighted by molar-refractivity contribution is -0.143. The first-order valence-corrected chi connectivity index (χ1v) is 8.19. The quantitative estimate of drug-likeness (QED) is 0.595. The first-order valence-electron chi connectivity index (χ1n) is 6.18. The second-order valence-electron chi connectivity index (χ2n) is 4.12. The van der Waals surface area contributed by atoms with Crippen LogP contribution in [0, 0.1) is 3.95 Å². The molecule has 0 bridgehead atoms. The van der Waals surface area contributed by atoms with E-state index in [1.165, 1.54) is 22.0 Å². The number of esters is 1. The van der Waals surface area contributed by atoms with Gasteiger partial charge in [0.15, 0.2) is 3.95 Å². The van der Waals surface area contributed by atoms with Crippen LogP contribution in [0.5, 0.6) is 0 Å². The fourth-order valence-electron chi connectivity index (χ4n) is 1.72. The Balaban J connectivity index is 2.40. The van der Waals surface area contributed by atoms with Crippen LogP contribution in [-0.2, 0) is 16.1 Å². The zero-order chi connectivity index (χ0) is 15.4. The third kappa shape index (κ3) is 4.09. The van der Waals surface area contributed by atoms with Gasteiger partial charge in [0.25, 0.3) is 5.56 Å². The fourth-order valence-corrected chi connectivity index (χ4v) is 3.40. The maximum absolute atomic E-state index is 12.1. The fraction of sp³-hybridized carbons (Fsp3) is 0.214. The van der Waals surface area contributed by atoms with Gasteiger partial charge in [-0.05, 0) is 36.8 Å². The Bertz CT molecular complexity index is 751. The predicted octanol–water partition coefficient (Wildman–Crippen LogP) is 3.63. The molecule has 0 saturated carbocycles. The van der Waals surface area contributed by atoms with Crippen molar-refractivity contribution in [1.82, 2.24) is 4.57 Å². The van der Waals surface area contributed by atoms with Crippen molar-refractivity contribution >= 4 is 45.5 Å². The molecule has 0 amide bonds. The lowest BCUT2D eigenvalue weighted by Crippen LogP contribution is -2.24. The van der Waals surface area contributed by atoms with Crippen LogP contribution in [0.1, 0.15) is 6.92 Å². The van der Waals surface area contributed by atoms with Crippen molar-refractivity contribution in [3.63, 3.8) is 0 Å². The van der Waals surface area contributed by atoms with Gasteiger partial charge in [0.05, 0.1) is 6.61 Å². The predicted molar refractivity (Wildman–Crippen MR) is 89.2 cm³/mol. The Morgan fingerprint density at radius 1 is 1.43 bits per heavy atom. The van der Waals surface area contributed by atoms with Crippen molar-refractivity contribution in [3.8, 4) is 10.4 Å². The van der Waals surface area contributed by atoms with E-state index in [1.54, 1.807) is 6.92 Å². The normalized spacial score (nSPS) is 10.4. The van der Waals surface area contributed by atoms with E-state index >= 15 is 0 Å². The summed E-state index contributed by atoms with van der Waals surface area (Å²) in [4.78, 5) is 24.4. The van der Waals surface area contributed by atoms with Crippen LogP contribution in [0.4, 0.5) is 0 Å². The van der Waals surface area contributed by atoms with E-state index in [1.807, 2.05) is 24.3 Å². The van der Waals surface area contributed by atoms with Crippen molar-refractivity contribution in [2.24, 2.45) is 0 Å². The molecule has 0 atom stereocenters. The van der Waals surface area contributed by atoms with E-state index in [0.717, 1.165) is 14.9 Å². The lowest BCUT2D eigenvalue weighted by atomic mass is 10.2. The summed E-state index contributed by atoms with van der Waals surface area (Å²) in [5, 5.41) is 0. The molecule has 1 aromatic heterocycles. The Labute approximate surface area is 139 Å². The number of ether oxygens (including phenoxy) is 1. The van der Waals surface area contributed by atoms with E-state index in [9.17, 15) is 9.59 Å². The van der Waals surface area contributed by atoms with Gasteiger partial charge in [-0.2, -0.15) is 0 Å².